The van der Waals surface area contributed by atoms with Crippen molar-refractivity contribution in [1.82, 2.24) is 62.1 Å². The Balaban J connectivity index is 0.000000726. The van der Waals surface area contributed by atoms with E-state index >= 15 is 0 Å². The van der Waals surface area contributed by atoms with Gasteiger partial charge in [0.1, 0.15) is 0 Å². The highest BCUT2D eigenvalue weighted by Gasteiger charge is 2.31. The van der Waals surface area contributed by atoms with Gasteiger partial charge in [0, 0.05) is 77.0 Å². The molecule has 12 aliphatic heterocycles. The van der Waals surface area contributed by atoms with Gasteiger partial charge in [-0.15, -0.1) is 0 Å². The van der Waals surface area contributed by atoms with E-state index in [1.807, 2.05) is 0 Å². The van der Waals surface area contributed by atoms with Crippen molar-refractivity contribution in [3.63, 3.8) is 0 Å². The van der Waals surface area contributed by atoms with Crippen molar-refractivity contribution in [2.24, 2.45) is 100.0 Å². The quantitative estimate of drug-likeness (QED) is 0.0888. The van der Waals surface area contributed by atoms with Crippen LogP contribution in [-0.4, -0.2) is 240 Å². The first-order chi connectivity index (χ1) is 61.5. The zero-order valence-electron chi connectivity index (χ0n) is 98.7. The molecule has 15 nitrogen and oxygen atoms in total. The molecule has 13 fully saturated rings. The molecule has 1 aliphatic carbocycles. The maximum absolute atomic E-state index is 5.59. The number of morpholine rings is 3. The average Bonchev–Trinajstić information content (AvgIpc) is 1.06. The van der Waals surface area contributed by atoms with Gasteiger partial charge in [-0.1, -0.05) is 309 Å². The molecule has 6 atom stereocenters. The maximum Gasteiger partial charge on any atom is 0.0705 e. The van der Waals surface area contributed by atoms with E-state index in [9.17, 15) is 0 Å². The standard InChI is InChI=1S/4C10H21N.C10H20.3C9H19NO.2C9H19N.3C8H17N/c1-10(2,3)8-9-4-6-11-7-5-9;1-10(2,3)7-9-5-4-6-11-8-9;1-10(2,3)8-9-6-4-5-7-11-9;1-10(2,3)9-11-7-5-4-6-8-11;1-10(2,3)8-9-6-4-5-7-9;1-9(2,3)8-10-4-6-11-7-5-10;1-9(2,3)6-8-7-11-5-4-10-8;1-9(2,3)6-8-7-10-4-5-11-8;1-9(2,3)6-8-4-5-10-7-8;1-9(2,3)8-10-6-4-5-7-10;1-8(2,3)4-7-5-9-6-7;1-8(2,3)6-7-4-5-9-7;1-8(2,3)7-9-5-4-6-9/h3*9,11H,4-8H2,1-3H3;4-9H2,1-3H3;9H,4-8H2,1-3H3;4-8H2,1-3H3;2*8,10H,4-7H2,1-3H3;8,10H,4-7H2,1-3H3;4-8H2,1-3H3;2*7,9H,4-6H2,1-3H3;4-7H2,1-3H3. The normalized spacial score (nSPS) is 24.4. The van der Waals surface area contributed by atoms with E-state index in [2.05, 4.69) is 332 Å². The first kappa shape index (κ1) is 131. The molecule has 12 heterocycles. The minimum Gasteiger partial charge on any atom is -0.379 e. The summed E-state index contributed by atoms with van der Waals surface area (Å²) in [7, 11) is 0. The number of hydrogen-bond acceptors (Lipinski definition) is 15. The van der Waals surface area contributed by atoms with Crippen LogP contribution in [0, 0.1) is 100.0 Å². The third-order valence-corrected chi connectivity index (χ3v) is 26.1. The van der Waals surface area contributed by atoms with Gasteiger partial charge < -0.3 is 71.4 Å². The fourth-order valence-electron chi connectivity index (χ4n) is 21.2. The molecular weight excluding hydrogens is 1650 g/mol. The van der Waals surface area contributed by atoms with Crippen LogP contribution in [0.15, 0.2) is 0 Å². The number of hydrogen-bond donors (Lipinski definition) is 8. The number of piperidine rings is 4. The molecule has 134 heavy (non-hydrogen) atoms. The summed E-state index contributed by atoms with van der Waals surface area (Å²) in [5.74, 6) is 4.88. The molecule has 13 aliphatic rings. The molecule has 0 aromatic rings. The van der Waals surface area contributed by atoms with Gasteiger partial charge in [-0.3, -0.25) is 4.90 Å². The number of ether oxygens (including phenoxy) is 3. The summed E-state index contributed by atoms with van der Waals surface area (Å²) in [5.41, 5.74) is 6.39. The largest absolute Gasteiger partial charge is 0.379 e. The van der Waals surface area contributed by atoms with E-state index in [1.165, 1.54) is 304 Å². The van der Waals surface area contributed by atoms with Crippen molar-refractivity contribution >= 4 is 0 Å². The zero-order valence-corrected chi connectivity index (χ0v) is 98.7. The van der Waals surface area contributed by atoms with E-state index in [0.29, 0.717) is 82.5 Å². The fraction of sp³-hybridized carbons (Fsp3) is 1.00. The smallest absolute Gasteiger partial charge is 0.0705 e. The fourth-order valence-corrected chi connectivity index (χ4v) is 21.2. The van der Waals surface area contributed by atoms with Crippen LogP contribution in [0.3, 0.4) is 0 Å². The van der Waals surface area contributed by atoms with E-state index < -0.39 is 0 Å². The predicted octanol–water partition coefficient (Wildman–Crippen LogP) is 27.1. The molecule has 13 rings (SSSR count). The minimum atomic E-state index is 0.393. The van der Waals surface area contributed by atoms with E-state index in [4.69, 9.17) is 14.2 Å². The molecule has 8 N–H and O–H groups in total. The number of rotatable bonds is 13. The SMILES string of the molecule is CC(C)(C)CC1CCCC1.CC(C)(C)CC1CCCCN1.CC(C)(C)CC1CCCNC1.CC(C)(C)CC1CCN1.CC(C)(C)CC1CCNC1.CC(C)(C)CC1CCNCC1.CC(C)(C)CC1CNC1.CC(C)(C)CC1CNCCO1.CC(C)(C)CC1COCCN1.CC(C)(C)CN1CCC1.CC(C)(C)CN1CCCC1.CC(C)(C)CN1CCCCC1.CC(C)(C)CN1CCOCC1. The summed E-state index contributed by atoms with van der Waals surface area (Å²) in [5, 5.41) is 27.3. The molecule has 15 heteroatoms. The molecule has 0 spiro atoms. The lowest BCUT2D eigenvalue weighted by atomic mass is 9.81. The van der Waals surface area contributed by atoms with Crippen LogP contribution in [-0.2, 0) is 14.2 Å². The molecule has 0 radical (unpaired) electrons. The van der Waals surface area contributed by atoms with Crippen LogP contribution in [0.5, 0.6) is 0 Å². The lowest BCUT2D eigenvalue weighted by molar-refractivity contribution is 0.00460. The monoisotopic (exact) mass is 1900 g/mol. The van der Waals surface area contributed by atoms with E-state index in [-0.39, 0.29) is 0 Å². The van der Waals surface area contributed by atoms with Gasteiger partial charge in [0.2, 0.25) is 0 Å². The molecule has 6 unspecified atom stereocenters. The van der Waals surface area contributed by atoms with Crippen molar-refractivity contribution < 1.29 is 14.2 Å². The Labute approximate surface area is 842 Å². The van der Waals surface area contributed by atoms with Gasteiger partial charge >= 0.3 is 0 Å². The molecule has 12 saturated heterocycles. The van der Waals surface area contributed by atoms with Gasteiger partial charge in [0.25, 0.3) is 0 Å². The second-order valence-corrected chi connectivity index (χ2v) is 59.9. The minimum absolute atomic E-state index is 0.393. The molecule has 0 amide bonds. The Kier molecular flexibility index (Phi) is 65.2. The van der Waals surface area contributed by atoms with Gasteiger partial charge in [-0.2, -0.15) is 0 Å². The lowest BCUT2D eigenvalue weighted by Gasteiger charge is -2.36. The Morgan fingerprint density at radius 1 is 0.201 bits per heavy atom. The second kappa shape index (κ2) is 66.5. The van der Waals surface area contributed by atoms with Gasteiger partial charge in [0.15, 0.2) is 0 Å². The molecule has 804 valence electrons. The first-order valence-electron chi connectivity index (χ1n) is 56.9. The number of nitrogens with zero attached hydrogens (tertiary/aromatic N) is 4. The Hall–Kier alpha value is -0.600. The lowest BCUT2D eigenvalue weighted by Crippen LogP contribution is -2.44. The average molecular weight is 1900 g/mol. The van der Waals surface area contributed by atoms with E-state index in [1.54, 1.807) is 0 Å². The van der Waals surface area contributed by atoms with Crippen LogP contribution in [0.2, 0.25) is 0 Å². The third kappa shape index (κ3) is 87.9. The van der Waals surface area contributed by atoms with Crippen LogP contribution in [0.1, 0.15) is 450 Å². The van der Waals surface area contributed by atoms with Gasteiger partial charge in [-0.05, 0) is 346 Å². The molecule has 1 saturated carbocycles. The first-order valence-corrected chi connectivity index (χ1v) is 56.9. The molecule has 0 bridgehead atoms. The van der Waals surface area contributed by atoms with Crippen LogP contribution >= 0.6 is 0 Å². The Bertz CT molecular complexity index is 2260. The third-order valence-electron chi connectivity index (χ3n) is 26.1. The summed E-state index contributed by atoms with van der Waals surface area (Å²) in [6, 6.07) is 2.19. The van der Waals surface area contributed by atoms with Crippen molar-refractivity contribution in [3.05, 3.63) is 0 Å². The summed E-state index contributed by atoms with van der Waals surface area (Å²) in [6.45, 7) is 125. The highest BCUT2D eigenvalue weighted by molar-refractivity contribution is 4.86. The van der Waals surface area contributed by atoms with Crippen LogP contribution < -0.4 is 42.5 Å². The van der Waals surface area contributed by atoms with Gasteiger partial charge in [-0.25, -0.2) is 0 Å². The van der Waals surface area contributed by atoms with Crippen molar-refractivity contribution in [2.75, 3.05) is 197 Å². The van der Waals surface area contributed by atoms with Gasteiger partial charge in [0.05, 0.1) is 39.1 Å². The predicted molar refractivity (Wildman–Crippen MR) is 596 cm³/mol. The molecule has 0 aromatic heterocycles. The number of nitrogens with one attached hydrogen (secondary N) is 8. The van der Waals surface area contributed by atoms with Crippen LogP contribution in [0.25, 0.3) is 0 Å². The van der Waals surface area contributed by atoms with Crippen molar-refractivity contribution in [1.29, 1.82) is 0 Å². The van der Waals surface area contributed by atoms with E-state index in [0.717, 1.165) is 114 Å². The summed E-state index contributed by atoms with van der Waals surface area (Å²) in [4.78, 5) is 10.2. The Morgan fingerprint density at radius 3 is 0.843 bits per heavy atom. The number of likely N-dealkylation sites (tertiary alicyclic amines) is 3. The summed E-state index contributed by atoms with van der Waals surface area (Å²) >= 11 is 0. The zero-order chi connectivity index (χ0) is 102. The Morgan fingerprint density at radius 2 is 0.530 bits per heavy atom. The highest BCUT2D eigenvalue weighted by atomic mass is 16.5. The van der Waals surface area contributed by atoms with Crippen molar-refractivity contribution in [3.8, 4) is 0 Å². The second-order valence-electron chi connectivity index (χ2n) is 59.9. The molecular formula is C119H250N12O3. The maximum atomic E-state index is 5.59. The summed E-state index contributed by atoms with van der Waals surface area (Å²) in [6.07, 6.45) is 39.4. The van der Waals surface area contributed by atoms with Crippen molar-refractivity contribution in [2.45, 2.75) is 474 Å². The highest BCUT2D eigenvalue weighted by Crippen LogP contribution is 2.37. The molecule has 0 aromatic carbocycles. The summed E-state index contributed by atoms with van der Waals surface area (Å²) < 4.78 is 16.2. The van der Waals surface area contributed by atoms with Crippen LogP contribution in [0.4, 0.5) is 0 Å². The topological polar surface area (TPSA) is 137 Å².